The van der Waals surface area contributed by atoms with E-state index in [1.165, 1.54) is 23.4 Å². The molecular weight excluding hydrogens is 363 g/mol. The Labute approximate surface area is 159 Å². The van der Waals surface area contributed by atoms with Crippen LogP contribution in [0.2, 0.25) is 0 Å². The van der Waals surface area contributed by atoms with Crippen molar-refractivity contribution in [3.63, 3.8) is 0 Å². The maximum absolute atomic E-state index is 14.2. The number of imidazole rings is 1. The molecule has 9 nitrogen and oxygen atoms in total. The van der Waals surface area contributed by atoms with Crippen molar-refractivity contribution >= 4 is 27.9 Å². The van der Waals surface area contributed by atoms with Gasteiger partial charge in [-0.15, -0.1) is 0 Å². The summed E-state index contributed by atoms with van der Waals surface area (Å²) in [6, 6.07) is 4.07. The molecule has 1 atom stereocenters. The summed E-state index contributed by atoms with van der Waals surface area (Å²) in [6.45, 7) is 4.29. The molecule has 3 heterocycles. The van der Waals surface area contributed by atoms with Crippen molar-refractivity contribution in [1.82, 2.24) is 29.6 Å². The van der Waals surface area contributed by atoms with E-state index in [1.54, 1.807) is 12.1 Å². The Morgan fingerprint density at radius 3 is 2.89 bits per heavy atom. The van der Waals surface area contributed by atoms with Gasteiger partial charge >= 0.3 is 0 Å². The minimum atomic E-state index is -0.593. The molecule has 0 saturated carbocycles. The van der Waals surface area contributed by atoms with Gasteiger partial charge in [0.2, 0.25) is 0 Å². The van der Waals surface area contributed by atoms with Gasteiger partial charge in [-0.3, -0.25) is 4.79 Å². The van der Waals surface area contributed by atoms with Crippen LogP contribution >= 0.6 is 0 Å². The topological polar surface area (TPSA) is 113 Å². The number of aromatic amines is 1. The molecule has 0 spiro atoms. The van der Waals surface area contributed by atoms with Gasteiger partial charge in [-0.25, -0.2) is 29.0 Å². The predicted octanol–water partition coefficient (Wildman–Crippen LogP) is 2.33. The Morgan fingerprint density at radius 2 is 2.11 bits per heavy atom. The molecule has 3 N–H and O–H groups in total. The number of nitrogens with zero attached hydrogens (tertiary/aromatic N) is 5. The fourth-order valence-corrected chi connectivity index (χ4v) is 3.14. The van der Waals surface area contributed by atoms with Gasteiger partial charge in [0.15, 0.2) is 17.3 Å². The highest BCUT2D eigenvalue weighted by Crippen LogP contribution is 2.24. The standard InChI is InChI=1S/C18H19FN8O/c1-3-11(25-16-14-15(21-8-20-14)22-9-23-16)17-26-12-7-5-6-10(19)13(12)18(28)27(17)24-4-2/h5-9,11,24H,3-4H2,1-2H3,(H2,20,21,22,23,25). The highest BCUT2D eigenvalue weighted by molar-refractivity contribution is 5.82. The SMILES string of the molecule is CCNn1c(C(CC)Nc2ncnc3nc[nH]c23)nc2cccc(F)c2c1=O. The lowest BCUT2D eigenvalue weighted by atomic mass is 10.1. The van der Waals surface area contributed by atoms with Gasteiger partial charge in [0.05, 0.1) is 17.9 Å². The largest absolute Gasteiger partial charge is 0.358 e. The molecule has 0 amide bonds. The number of nitrogens with one attached hydrogen (secondary N) is 3. The van der Waals surface area contributed by atoms with Crippen molar-refractivity contribution in [2.45, 2.75) is 26.3 Å². The van der Waals surface area contributed by atoms with E-state index in [2.05, 4.69) is 35.7 Å². The summed E-state index contributed by atoms with van der Waals surface area (Å²) in [7, 11) is 0. The zero-order chi connectivity index (χ0) is 19.7. The van der Waals surface area contributed by atoms with Gasteiger partial charge < -0.3 is 15.7 Å². The third kappa shape index (κ3) is 2.92. The smallest absolute Gasteiger partial charge is 0.283 e. The second-order valence-electron chi connectivity index (χ2n) is 6.18. The third-order valence-electron chi connectivity index (χ3n) is 4.44. The molecule has 0 aliphatic heterocycles. The second kappa shape index (κ2) is 7.22. The van der Waals surface area contributed by atoms with Crippen LogP contribution in [0.25, 0.3) is 22.1 Å². The molecule has 1 unspecified atom stereocenters. The molecular formula is C18H19FN8O. The molecule has 1 aromatic carbocycles. The van der Waals surface area contributed by atoms with Crippen molar-refractivity contribution in [3.05, 3.63) is 52.8 Å². The minimum absolute atomic E-state index is 0.0416. The van der Waals surface area contributed by atoms with Crippen molar-refractivity contribution in [2.24, 2.45) is 0 Å². The van der Waals surface area contributed by atoms with Crippen LogP contribution < -0.4 is 16.3 Å². The lowest BCUT2D eigenvalue weighted by molar-refractivity contribution is 0.614. The number of rotatable bonds is 6. The first-order valence-corrected chi connectivity index (χ1v) is 8.99. The van der Waals surface area contributed by atoms with Gasteiger partial charge in [-0.1, -0.05) is 13.0 Å². The Morgan fingerprint density at radius 1 is 1.25 bits per heavy atom. The van der Waals surface area contributed by atoms with Crippen LogP contribution in [-0.2, 0) is 0 Å². The van der Waals surface area contributed by atoms with E-state index >= 15 is 0 Å². The molecule has 0 saturated heterocycles. The van der Waals surface area contributed by atoms with Crippen molar-refractivity contribution in [2.75, 3.05) is 17.3 Å². The molecule has 0 aliphatic carbocycles. The van der Waals surface area contributed by atoms with Crippen LogP contribution in [0.4, 0.5) is 10.2 Å². The molecule has 0 aliphatic rings. The van der Waals surface area contributed by atoms with E-state index in [9.17, 15) is 9.18 Å². The van der Waals surface area contributed by atoms with Crippen LogP contribution in [-0.4, -0.2) is 36.1 Å². The first-order valence-electron chi connectivity index (χ1n) is 8.99. The van der Waals surface area contributed by atoms with Crippen LogP contribution in [0.1, 0.15) is 32.1 Å². The number of anilines is 1. The molecule has 10 heteroatoms. The van der Waals surface area contributed by atoms with Crippen molar-refractivity contribution in [1.29, 1.82) is 0 Å². The Kier molecular flexibility index (Phi) is 4.60. The van der Waals surface area contributed by atoms with E-state index in [0.29, 0.717) is 41.3 Å². The molecule has 3 aromatic heterocycles. The van der Waals surface area contributed by atoms with Gasteiger partial charge in [-0.2, -0.15) is 0 Å². The van der Waals surface area contributed by atoms with Crippen LogP contribution in [0.3, 0.4) is 0 Å². The quantitative estimate of drug-likeness (QED) is 0.469. The summed E-state index contributed by atoms with van der Waals surface area (Å²) in [5.41, 5.74) is 4.00. The molecule has 0 bridgehead atoms. The van der Waals surface area contributed by atoms with Gasteiger partial charge in [0.1, 0.15) is 23.0 Å². The molecule has 4 aromatic rings. The summed E-state index contributed by atoms with van der Waals surface area (Å²) in [6.07, 6.45) is 3.56. The highest BCUT2D eigenvalue weighted by Gasteiger charge is 2.21. The summed E-state index contributed by atoms with van der Waals surface area (Å²) in [4.78, 5) is 33.0. The maximum atomic E-state index is 14.2. The molecule has 4 rings (SSSR count). The summed E-state index contributed by atoms with van der Waals surface area (Å²) in [5.74, 6) is 0.397. The van der Waals surface area contributed by atoms with E-state index in [-0.39, 0.29) is 11.4 Å². The van der Waals surface area contributed by atoms with Crippen LogP contribution in [0, 0.1) is 5.82 Å². The second-order valence-corrected chi connectivity index (χ2v) is 6.18. The third-order valence-corrected chi connectivity index (χ3v) is 4.44. The van der Waals surface area contributed by atoms with E-state index < -0.39 is 11.4 Å². The summed E-state index contributed by atoms with van der Waals surface area (Å²) in [5, 5.41) is 3.26. The molecule has 144 valence electrons. The summed E-state index contributed by atoms with van der Waals surface area (Å²) < 4.78 is 15.5. The minimum Gasteiger partial charge on any atom is -0.358 e. The highest BCUT2D eigenvalue weighted by atomic mass is 19.1. The monoisotopic (exact) mass is 382 g/mol. The number of benzene rings is 1. The fourth-order valence-electron chi connectivity index (χ4n) is 3.14. The summed E-state index contributed by atoms with van der Waals surface area (Å²) >= 11 is 0. The molecule has 0 fully saturated rings. The molecule has 0 radical (unpaired) electrons. The van der Waals surface area contributed by atoms with Crippen molar-refractivity contribution in [3.8, 4) is 0 Å². The average Bonchev–Trinajstić information content (AvgIpc) is 3.18. The molecule has 28 heavy (non-hydrogen) atoms. The van der Waals surface area contributed by atoms with E-state index in [1.807, 2.05) is 13.8 Å². The normalized spacial score (nSPS) is 12.4. The van der Waals surface area contributed by atoms with Gasteiger partial charge in [0, 0.05) is 6.54 Å². The number of hydrogen-bond donors (Lipinski definition) is 3. The van der Waals surface area contributed by atoms with Gasteiger partial charge in [0.25, 0.3) is 5.56 Å². The lowest BCUT2D eigenvalue weighted by Gasteiger charge is -2.22. The number of H-pyrrole nitrogens is 1. The Hall–Kier alpha value is -3.56. The van der Waals surface area contributed by atoms with Gasteiger partial charge in [-0.05, 0) is 25.5 Å². The zero-order valence-electron chi connectivity index (χ0n) is 15.4. The number of fused-ring (bicyclic) bond motifs is 2. The Balaban J connectivity index is 1.86. The predicted molar refractivity (Wildman–Crippen MR) is 104 cm³/mol. The Bertz CT molecular complexity index is 1200. The number of halogens is 1. The van der Waals surface area contributed by atoms with Crippen LogP contribution in [0.5, 0.6) is 0 Å². The first-order chi connectivity index (χ1) is 13.6. The zero-order valence-corrected chi connectivity index (χ0v) is 15.4. The van der Waals surface area contributed by atoms with Crippen molar-refractivity contribution < 1.29 is 4.39 Å². The maximum Gasteiger partial charge on any atom is 0.283 e. The van der Waals surface area contributed by atoms with E-state index in [0.717, 1.165) is 0 Å². The lowest BCUT2D eigenvalue weighted by Crippen LogP contribution is -2.36. The average molecular weight is 382 g/mol. The van der Waals surface area contributed by atoms with Crippen LogP contribution in [0.15, 0.2) is 35.6 Å². The number of aromatic nitrogens is 6. The fraction of sp³-hybridized carbons (Fsp3) is 0.278. The number of hydrogen-bond acceptors (Lipinski definition) is 7. The first kappa shape index (κ1) is 17.8. The van der Waals surface area contributed by atoms with E-state index in [4.69, 9.17) is 0 Å².